The summed E-state index contributed by atoms with van der Waals surface area (Å²) in [6.45, 7) is 6.61. The molecule has 0 aromatic heterocycles. The molecule has 3 heteroatoms. The summed E-state index contributed by atoms with van der Waals surface area (Å²) in [5.41, 5.74) is 2.70. The molecule has 3 rings (SSSR count). The Morgan fingerprint density at radius 2 is 1.82 bits per heavy atom. The highest BCUT2D eigenvalue weighted by atomic mass is 16.5. The fraction of sp³-hybridized carbons (Fsp3) is 0.571. The number of rotatable bonds is 0. The van der Waals surface area contributed by atoms with Crippen molar-refractivity contribution in [3.63, 3.8) is 0 Å². The van der Waals surface area contributed by atoms with Gasteiger partial charge in [-0.1, -0.05) is 38.1 Å². The van der Waals surface area contributed by atoms with Gasteiger partial charge in [-0.3, -0.25) is 5.84 Å². The van der Waals surface area contributed by atoms with E-state index in [0.29, 0.717) is 0 Å². The van der Waals surface area contributed by atoms with Crippen LogP contribution in [0.1, 0.15) is 37.8 Å². The fourth-order valence-electron chi connectivity index (χ4n) is 2.68. The number of fused-ring (bicyclic) bond motifs is 2. The average Bonchev–Trinajstić information content (AvgIpc) is 2.76. The summed E-state index contributed by atoms with van der Waals surface area (Å²) >= 11 is 0. The lowest BCUT2D eigenvalue weighted by molar-refractivity contribution is -0.0790. The van der Waals surface area contributed by atoms with Crippen LogP contribution in [0.15, 0.2) is 24.3 Å². The van der Waals surface area contributed by atoms with Gasteiger partial charge in [0, 0.05) is 13.1 Å². The predicted octanol–water partition coefficient (Wildman–Crippen LogP) is 2.41. The second kappa shape index (κ2) is 5.17. The molecule has 3 nitrogen and oxygen atoms in total. The van der Waals surface area contributed by atoms with Gasteiger partial charge >= 0.3 is 0 Å². The summed E-state index contributed by atoms with van der Waals surface area (Å²) in [4.78, 5) is 0. The van der Waals surface area contributed by atoms with Gasteiger partial charge in [0.2, 0.25) is 0 Å². The summed E-state index contributed by atoms with van der Waals surface area (Å²) < 4.78 is 6.02. The van der Waals surface area contributed by atoms with Gasteiger partial charge in [0.1, 0.15) is 0 Å². The van der Waals surface area contributed by atoms with E-state index in [0.717, 1.165) is 32.5 Å². The van der Waals surface area contributed by atoms with E-state index in [4.69, 9.17) is 10.6 Å². The largest absolute Gasteiger partial charge is 0.365 e. The van der Waals surface area contributed by atoms with Gasteiger partial charge in [0.15, 0.2) is 0 Å². The maximum absolute atomic E-state index is 6.02. The molecule has 1 spiro atoms. The van der Waals surface area contributed by atoms with E-state index >= 15 is 0 Å². The van der Waals surface area contributed by atoms with Gasteiger partial charge in [-0.25, -0.2) is 5.01 Å². The zero-order valence-electron chi connectivity index (χ0n) is 10.8. The van der Waals surface area contributed by atoms with E-state index < -0.39 is 0 Å². The van der Waals surface area contributed by atoms with Crippen molar-refractivity contribution < 1.29 is 4.74 Å². The van der Waals surface area contributed by atoms with Gasteiger partial charge in [-0.05, 0) is 24.0 Å². The van der Waals surface area contributed by atoms with Crippen LogP contribution in [0.2, 0.25) is 0 Å². The first kappa shape index (κ1) is 12.6. The first-order chi connectivity index (χ1) is 8.30. The molecule has 94 valence electrons. The van der Waals surface area contributed by atoms with Crippen LogP contribution in [0, 0.1) is 0 Å². The molecule has 1 saturated heterocycles. The van der Waals surface area contributed by atoms with Crippen LogP contribution < -0.4 is 5.84 Å². The van der Waals surface area contributed by atoms with Crippen molar-refractivity contribution in [3.05, 3.63) is 35.4 Å². The van der Waals surface area contributed by atoms with E-state index in [-0.39, 0.29) is 5.60 Å². The molecule has 0 unspecified atom stereocenters. The molecule has 0 saturated carbocycles. The van der Waals surface area contributed by atoms with E-state index in [9.17, 15) is 0 Å². The monoisotopic (exact) mass is 234 g/mol. The second-order valence-electron chi connectivity index (χ2n) is 4.48. The van der Waals surface area contributed by atoms with Crippen molar-refractivity contribution >= 4 is 0 Å². The first-order valence-electron chi connectivity index (χ1n) is 6.52. The molecule has 2 N–H and O–H groups in total. The highest BCUT2D eigenvalue weighted by Crippen LogP contribution is 2.43. The second-order valence-corrected chi connectivity index (χ2v) is 4.48. The van der Waals surface area contributed by atoms with Crippen molar-refractivity contribution in [2.75, 3.05) is 13.1 Å². The van der Waals surface area contributed by atoms with Gasteiger partial charge in [-0.2, -0.15) is 0 Å². The first-order valence-corrected chi connectivity index (χ1v) is 6.52. The van der Waals surface area contributed by atoms with Crippen molar-refractivity contribution in [1.29, 1.82) is 0 Å². The standard InChI is InChI=1S/C12H16N2O.C2H6/c13-14-7-5-12(6-8-14)11-4-2-1-3-10(11)9-15-12;1-2/h1-4H,5-9,13H2;1-2H3. The molecule has 1 aromatic rings. The van der Waals surface area contributed by atoms with E-state index in [1.165, 1.54) is 11.1 Å². The van der Waals surface area contributed by atoms with Crippen LogP contribution in [0.5, 0.6) is 0 Å². The summed E-state index contributed by atoms with van der Waals surface area (Å²) in [6.07, 6.45) is 2.03. The molecule has 0 bridgehead atoms. The molecule has 0 amide bonds. The van der Waals surface area contributed by atoms with Gasteiger partial charge in [0.25, 0.3) is 0 Å². The number of ether oxygens (including phenoxy) is 1. The zero-order valence-corrected chi connectivity index (χ0v) is 10.8. The summed E-state index contributed by atoms with van der Waals surface area (Å²) in [6, 6.07) is 8.55. The maximum Gasteiger partial charge on any atom is 0.0964 e. The Bertz CT molecular complexity index is 370. The summed E-state index contributed by atoms with van der Waals surface area (Å²) in [5, 5.41) is 1.88. The number of hydrazine groups is 1. The zero-order chi connectivity index (χ0) is 12.3. The number of hydrogen-bond acceptors (Lipinski definition) is 3. The summed E-state index contributed by atoms with van der Waals surface area (Å²) in [5.74, 6) is 5.78. The normalized spacial score (nSPS) is 21.8. The lowest BCUT2D eigenvalue weighted by Gasteiger charge is -2.37. The van der Waals surface area contributed by atoms with Crippen LogP contribution >= 0.6 is 0 Å². The molecule has 17 heavy (non-hydrogen) atoms. The van der Waals surface area contributed by atoms with Crippen LogP contribution in [0.4, 0.5) is 0 Å². The molecule has 2 aliphatic rings. The van der Waals surface area contributed by atoms with E-state index in [1.54, 1.807) is 0 Å². The highest BCUT2D eigenvalue weighted by molar-refractivity contribution is 5.35. The SMILES string of the molecule is CC.NN1CCC2(CC1)OCc1ccccc12. The molecule has 0 atom stereocenters. The molecular formula is C14H22N2O. The van der Waals surface area contributed by atoms with Gasteiger partial charge < -0.3 is 4.74 Å². The molecule has 2 heterocycles. The molecule has 0 radical (unpaired) electrons. The molecular weight excluding hydrogens is 212 g/mol. The fourth-order valence-corrected chi connectivity index (χ4v) is 2.68. The molecule has 1 aromatic carbocycles. The Morgan fingerprint density at radius 3 is 2.53 bits per heavy atom. The lowest BCUT2D eigenvalue weighted by Crippen LogP contribution is -2.45. The smallest absolute Gasteiger partial charge is 0.0964 e. The molecule has 2 aliphatic heterocycles. The van der Waals surface area contributed by atoms with Crippen molar-refractivity contribution in [1.82, 2.24) is 5.01 Å². The predicted molar refractivity (Wildman–Crippen MR) is 69.3 cm³/mol. The Morgan fingerprint density at radius 1 is 1.18 bits per heavy atom. The topological polar surface area (TPSA) is 38.5 Å². The highest BCUT2D eigenvalue weighted by Gasteiger charge is 2.41. The quantitative estimate of drug-likeness (QED) is 0.701. The van der Waals surface area contributed by atoms with Crippen LogP contribution in [-0.2, 0) is 16.9 Å². The van der Waals surface area contributed by atoms with Gasteiger partial charge in [-0.15, -0.1) is 0 Å². The van der Waals surface area contributed by atoms with Crippen LogP contribution in [0.3, 0.4) is 0 Å². The Kier molecular flexibility index (Phi) is 3.82. The van der Waals surface area contributed by atoms with Crippen molar-refractivity contribution in [3.8, 4) is 0 Å². The Labute approximate surface area is 104 Å². The third-order valence-electron chi connectivity index (χ3n) is 3.62. The molecule has 1 fully saturated rings. The minimum atomic E-state index is -0.0353. The van der Waals surface area contributed by atoms with Crippen LogP contribution in [0.25, 0.3) is 0 Å². The number of benzene rings is 1. The minimum Gasteiger partial charge on any atom is -0.365 e. The van der Waals surface area contributed by atoms with Crippen molar-refractivity contribution in [2.24, 2.45) is 5.84 Å². The van der Waals surface area contributed by atoms with E-state index in [1.807, 2.05) is 18.9 Å². The average molecular weight is 234 g/mol. The minimum absolute atomic E-state index is 0.0353. The van der Waals surface area contributed by atoms with E-state index in [2.05, 4.69) is 24.3 Å². The third-order valence-corrected chi connectivity index (χ3v) is 3.62. The van der Waals surface area contributed by atoms with Gasteiger partial charge in [0.05, 0.1) is 12.2 Å². The van der Waals surface area contributed by atoms with Crippen LogP contribution in [-0.4, -0.2) is 18.1 Å². The molecule has 0 aliphatic carbocycles. The Balaban J connectivity index is 0.000000514. The number of hydrogen-bond donors (Lipinski definition) is 1. The number of nitrogens with zero attached hydrogens (tertiary/aromatic N) is 1. The summed E-state index contributed by atoms with van der Waals surface area (Å²) in [7, 11) is 0. The third kappa shape index (κ3) is 2.23. The Hall–Kier alpha value is -0.900. The lowest BCUT2D eigenvalue weighted by atomic mass is 9.84. The number of piperidine rings is 1. The van der Waals surface area contributed by atoms with Crippen molar-refractivity contribution in [2.45, 2.75) is 38.9 Å². The maximum atomic E-state index is 6.02. The number of nitrogens with two attached hydrogens (primary N) is 1.